The van der Waals surface area contributed by atoms with Gasteiger partial charge in [0.2, 0.25) is 0 Å². The molecule has 1 amide bonds. The molecule has 0 radical (unpaired) electrons. The maximum atomic E-state index is 13.5. The van der Waals surface area contributed by atoms with Crippen LogP contribution >= 0.6 is 24.0 Å². The van der Waals surface area contributed by atoms with Crippen molar-refractivity contribution in [3.05, 3.63) is 67.8 Å². The highest BCUT2D eigenvalue weighted by Gasteiger charge is 2.35. The number of hydrogen-bond acceptors (Lipinski definition) is 8. The molecular weight excluding hydrogens is 542 g/mol. The molecule has 0 spiro atoms. The number of carbonyl (C=O) groups is 1. The molecule has 3 aliphatic rings. The number of ether oxygens (including phenoxy) is 1. The van der Waals surface area contributed by atoms with E-state index in [0.717, 1.165) is 63.4 Å². The maximum absolute atomic E-state index is 13.5. The van der Waals surface area contributed by atoms with Crippen molar-refractivity contribution in [2.24, 2.45) is 0 Å². The molecular formula is C30H35N5O3S2. The van der Waals surface area contributed by atoms with Gasteiger partial charge in [-0.05, 0) is 43.4 Å². The molecule has 1 unspecified atom stereocenters. The number of rotatable bonds is 8. The lowest BCUT2D eigenvalue weighted by atomic mass is 10.0. The third kappa shape index (κ3) is 5.88. The van der Waals surface area contributed by atoms with Gasteiger partial charge in [0.1, 0.15) is 21.8 Å². The Kier molecular flexibility index (Phi) is 9.06. The van der Waals surface area contributed by atoms with Gasteiger partial charge in [-0.3, -0.25) is 24.0 Å². The number of pyridine rings is 1. The Bertz CT molecular complexity index is 1400. The first-order valence-electron chi connectivity index (χ1n) is 14.0. The molecule has 1 atom stereocenters. The summed E-state index contributed by atoms with van der Waals surface area (Å²) in [6.07, 6.45) is 4.51. The van der Waals surface area contributed by atoms with Crippen LogP contribution in [-0.2, 0) is 22.6 Å². The highest BCUT2D eigenvalue weighted by atomic mass is 32.2. The van der Waals surface area contributed by atoms with Gasteiger partial charge in [0.05, 0.1) is 17.6 Å². The van der Waals surface area contributed by atoms with Crippen molar-refractivity contribution in [3.8, 4) is 6.07 Å². The van der Waals surface area contributed by atoms with E-state index in [4.69, 9.17) is 17.0 Å². The fourth-order valence-electron chi connectivity index (χ4n) is 5.66. The molecule has 3 aliphatic heterocycles. The predicted octanol–water partition coefficient (Wildman–Crippen LogP) is 4.14. The van der Waals surface area contributed by atoms with Crippen LogP contribution in [0.3, 0.4) is 0 Å². The topological polar surface area (TPSA) is 81.8 Å². The first-order valence-corrected chi connectivity index (χ1v) is 15.2. The Balaban J connectivity index is 1.48. The molecule has 5 rings (SSSR count). The van der Waals surface area contributed by atoms with Gasteiger partial charge in [0, 0.05) is 51.4 Å². The van der Waals surface area contributed by atoms with Gasteiger partial charge < -0.3 is 9.64 Å². The molecule has 2 aromatic rings. The van der Waals surface area contributed by atoms with E-state index in [1.165, 1.54) is 17.3 Å². The second-order valence-electron chi connectivity index (χ2n) is 10.5. The van der Waals surface area contributed by atoms with Crippen LogP contribution < -0.4 is 10.5 Å². The van der Waals surface area contributed by atoms with E-state index in [0.29, 0.717) is 34.5 Å². The smallest absolute Gasteiger partial charge is 0.270 e. The standard InChI is InChI=1S/C30H35N5O3S2/c1-3-11-34-27(33-14-12-32(13-15-33)19-22-8-5-4-6-9-22)24(21(2)25(18-31)28(34)36)17-26-29(37)35(30(39)40-26)20-23-10-7-16-38-23/h4-6,8-9,17,23H,3,7,10-16,19-20H2,1-2H3. The SMILES string of the molecule is CCCn1c(N2CCN(Cc3ccccc3)CC2)c(C=C2SC(=S)N(CC3CCCO3)C2=O)c(C)c(C#N)c1=O. The molecule has 3 saturated heterocycles. The van der Waals surface area contributed by atoms with Crippen LogP contribution in [0.4, 0.5) is 5.82 Å². The Morgan fingerprint density at radius 2 is 1.93 bits per heavy atom. The van der Waals surface area contributed by atoms with E-state index in [9.17, 15) is 14.9 Å². The summed E-state index contributed by atoms with van der Waals surface area (Å²) in [4.78, 5) is 33.8. The number of nitriles is 1. The lowest BCUT2D eigenvalue weighted by Crippen LogP contribution is -2.48. The van der Waals surface area contributed by atoms with Crippen molar-refractivity contribution >= 4 is 46.1 Å². The molecule has 0 saturated carbocycles. The number of nitrogens with zero attached hydrogens (tertiary/aromatic N) is 5. The van der Waals surface area contributed by atoms with Gasteiger partial charge in [0.25, 0.3) is 11.5 Å². The zero-order valence-electron chi connectivity index (χ0n) is 23.1. The molecule has 4 heterocycles. The van der Waals surface area contributed by atoms with Crippen LogP contribution in [0.25, 0.3) is 6.08 Å². The minimum Gasteiger partial charge on any atom is -0.376 e. The largest absolute Gasteiger partial charge is 0.376 e. The summed E-state index contributed by atoms with van der Waals surface area (Å²) in [6.45, 7) is 9.54. The molecule has 1 aromatic carbocycles. The second kappa shape index (κ2) is 12.7. The van der Waals surface area contributed by atoms with Gasteiger partial charge >= 0.3 is 0 Å². The molecule has 1 aromatic heterocycles. The van der Waals surface area contributed by atoms with Crippen LogP contribution in [0.1, 0.15) is 48.4 Å². The van der Waals surface area contributed by atoms with Gasteiger partial charge in [-0.15, -0.1) is 0 Å². The summed E-state index contributed by atoms with van der Waals surface area (Å²) in [5.74, 6) is 0.641. The molecule has 40 heavy (non-hydrogen) atoms. The van der Waals surface area contributed by atoms with Crippen molar-refractivity contribution in [2.45, 2.75) is 52.3 Å². The van der Waals surface area contributed by atoms with E-state index < -0.39 is 0 Å². The van der Waals surface area contributed by atoms with Crippen LogP contribution in [-0.4, -0.2) is 70.0 Å². The minimum absolute atomic E-state index is 0.00276. The van der Waals surface area contributed by atoms with Gasteiger partial charge in [-0.1, -0.05) is 61.2 Å². The van der Waals surface area contributed by atoms with E-state index in [2.05, 4.69) is 40.1 Å². The summed E-state index contributed by atoms with van der Waals surface area (Å²) in [6, 6.07) is 12.6. The van der Waals surface area contributed by atoms with Gasteiger partial charge in [-0.2, -0.15) is 5.26 Å². The molecule has 3 fully saturated rings. The third-order valence-corrected chi connectivity index (χ3v) is 9.15. The van der Waals surface area contributed by atoms with Crippen molar-refractivity contribution < 1.29 is 9.53 Å². The number of thiocarbonyl (C=S) groups is 1. The summed E-state index contributed by atoms with van der Waals surface area (Å²) in [7, 11) is 0. The van der Waals surface area contributed by atoms with Crippen LogP contribution in [0, 0.1) is 18.3 Å². The molecule has 8 nitrogen and oxygen atoms in total. The summed E-state index contributed by atoms with van der Waals surface area (Å²) in [5.41, 5.74) is 2.48. The molecule has 0 bridgehead atoms. The number of aromatic nitrogens is 1. The zero-order valence-corrected chi connectivity index (χ0v) is 24.7. The monoisotopic (exact) mass is 577 g/mol. The summed E-state index contributed by atoms with van der Waals surface area (Å²) < 4.78 is 8.00. The number of anilines is 1. The lowest BCUT2D eigenvalue weighted by Gasteiger charge is -2.38. The quantitative estimate of drug-likeness (QED) is 0.342. The van der Waals surface area contributed by atoms with E-state index in [1.807, 2.05) is 26.0 Å². The molecule has 0 aliphatic carbocycles. The fraction of sp³-hybridized carbons (Fsp3) is 0.467. The fourth-order valence-corrected chi connectivity index (χ4v) is 6.91. The minimum atomic E-state index is -0.272. The lowest BCUT2D eigenvalue weighted by molar-refractivity contribution is -0.123. The molecule has 0 N–H and O–H groups in total. The van der Waals surface area contributed by atoms with Crippen LogP contribution in [0.5, 0.6) is 0 Å². The summed E-state index contributed by atoms with van der Waals surface area (Å²) in [5, 5.41) is 9.93. The van der Waals surface area contributed by atoms with Crippen LogP contribution in [0.2, 0.25) is 0 Å². The second-order valence-corrected chi connectivity index (χ2v) is 12.2. The number of amides is 1. The van der Waals surface area contributed by atoms with E-state index >= 15 is 0 Å². The van der Waals surface area contributed by atoms with E-state index in [1.54, 1.807) is 9.47 Å². The first kappa shape index (κ1) is 28.6. The Morgan fingerprint density at radius 1 is 1.18 bits per heavy atom. The average molecular weight is 578 g/mol. The number of carbonyl (C=O) groups excluding carboxylic acids is 1. The Labute approximate surface area is 245 Å². The maximum Gasteiger partial charge on any atom is 0.270 e. The van der Waals surface area contributed by atoms with Crippen molar-refractivity contribution in [3.63, 3.8) is 0 Å². The highest BCUT2D eigenvalue weighted by molar-refractivity contribution is 8.26. The van der Waals surface area contributed by atoms with Crippen molar-refractivity contribution in [1.82, 2.24) is 14.4 Å². The van der Waals surface area contributed by atoms with Gasteiger partial charge in [-0.25, -0.2) is 0 Å². The normalized spacial score (nSPS) is 21.0. The zero-order chi connectivity index (χ0) is 28.2. The Morgan fingerprint density at radius 3 is 2.58 bits per heavy atom. The van der Waals surface area contributed by atoms with E-state index in [-0.39, 0.29) is 23.1 Å². The Hall–Kier alpha value is -2.97. The molecule has 210 valence electrons. The first-order chi connectivity index (χ1) is 19.4. The predicted molar refractivity (Wildman–Crippen MR) is 163 cm³/mol. The number of piperazine rings is 1. The van der Waals surface area contributed by atoms with Crippen LogP contribution in [0.15, 0.2) is 40.0 Å². The van der Waals surface area contributed by atoms with Gasteiger partial charge in [0.15, 0.2) is 0 Å². The average Bonchev–Trinajstić information content (AvgIpc) is 3.57. The number of benzene rings is 1. The van der Waals surface area contributed by atoms with Crippen molar-refractivity contribution in [2.75, 3.05) is 44.2 Å². The summed E-state index contributed by atoms with van der Waals surface area (Å²) >= 11 is 6.87. The highest BCUT2D eigenvalue weighted by Crippen LogP contribution is 2.36. The van der Waals surface area contributed by atoms with Crippen molar-refractivity contribution in [1.29, 1.82) is 5.26 Å². The molecule has 10 heteroatoms. The number of hydrogen-bond donors (Lipinski definition) is 0. The third-order valence-electron chi connectivity index (χ3n) is 7.77. The number of thioether (sulfide) groups is 1.